The summed E-state index contributed by atoms with van der Waals surface area (Å²) in [6, 6.07) is 22.5. The van der Waals surface area contributed by atoms with Crippen LogP contribution >= 0.6 is 7.92 Å². The Morgan fingerprint density at radius 1 is 0.781 bits per heavy atom. The maximum atomic E-state index is 6.12. The zero-order chi connectivity index (χ0) is 21.5. The molecule has 2 fully saturated rings. The van der Waals surface area contributed by atoms with E-state index in [0.29, 0.717) is 23.5 Å². The molecule has 5 rings (SSSR count). The van der Waals surface area contributed by atoms with Gasteiger partial charge in [0, 0.05) is 23.0 Å². The SMILES string of the molecule is C1CCCC1.CC(C)C1COC(C2CCCC2P(c2ccccc2)c2ccccc2)=N1.[Fe]. The average Bonchev–Trinajstić information content (AvgIpc) is 3.58. The van der Waals surface area contributed by atoms with Crippen LogP contribution in [0, 0.1) is 11.8 Å². The van der Waals surface area contributed by atoms with E-state index in [1.807, 2.05) is 0 Å². The molecule has 2 saturated carbocycles. The predicted molar refractivity (Wildman–Crippen MR) is 135 cm³/mol. The molecule has 1 aliphatic heterocycles. The molecule has 3 unspecified atom stereocenters. The average molecular weight is 491 g/mol. The summed E-state index contributed by atoms with van der Waals surface area (Å²) in [5.41, 5.74) is 0.625. The van der Waals surface area contributed by atoms with Gasteiger partial charge in [0.15, 0.2) is 5.90 Å². The molecule has 2 aromatic rings. The van der Waals surface area contributed by atoms with E-state index in [-0.39, 0.29) is 17.1 Å². The fraction of sp³-hybridized carbons (Fsp3) is 0.536. The molecule has 0 aromatic heterocycles. The molecule has 3 atom stereocenters. The molecule has 32 heavy (non-hydrogen) atoms. The first kappa shape index (κ1) is 25.5. The van der Waals surface area contributed by atoms with E-state index < -0.39 is 7.92 Å². The molecule has 174 valence electrons. The number of hydrogen-bond acceptors (Lipinski definition) is 2. The van der Waals surface area contributed by atoms with Gasteiger partial charge in [0.1, 0.15) is 6.61 Å². The third kappa shape index (κ3) is 6.47. The van der Waals surface area contributed by atoms with Crippen LogP contribution in [-0.2, 0) is 21.8 Å². The van der Waals surface area contributed by atoms with Crippen LogP contribution in [-0.4, -0.2) is 24.2 Å². The maximum absolute atomic E-state index is 6.12. The van der Waals surface area contributed by atoms with Gasteiger partial charge in [-0.25, -0.2) is 4.99 Å². The number of aliphatic imine (C=N–C) groups is 1. The van der Waals surface area contributed by atoms with E-state index in [1.54, 1.807) is 0 Å². The fourth-order valence-corrected chi connectivity index (χ4v) is 8.21. The van der Waals surface area contributed by atoms with E-state index in [9.17, 15) is 0 Å². The van der Waals surface area contributed by atoms with Crippen molar-refractivity contribution in [3.63, 3.8) is 0 Å². The summed E-state index contributed by atoms with van der Waals surface area (Å²) >= 11 is 0. The zero-order valence-electron chi connectivity index (χ0n) is 19.6. The van der Waals surface area contributed by atoms with Crippen LogP contribution in [0.25, 0.3) is 0 Å². The van der Waals surface area contributed by atoms with Crippen molar-refractivity contribution in [3.05, 3.63) is 60.7 Å². The Labute approximate surface area is 206 Å². The van der Waals surface area contributed by atoms with Gasteiger partial charge in [0.2, 0.25) is 0 Å². The molecule has 2 aliphatic carbocycles. The Morgan fingerprint density at radius 3 is 1.78 bits per heavy atom. The molecule has 1 heterocycles. The molecule has 0 N–H and O–H groups in total. The van der Waals surface area contributed by atoms with E-state index in [2.05, 4.69) is 74.5 Å². The first-order chi connectivity index (χ1) is 15.2. The largest absolute Gasteiger partial charge is 0.478 e. The molecule has 0 spiro atoms. The molecule has 0 bridgehead atoms. The summed E-state index contributed by atoms with van der Waals surface area (Å²) in [4.78, 5) is 4.99. The summed E-state index contributed by atoms with van der Waals surface area (Å²) < 4.78 is 6.12. The topological polar surface area (TPSA) is 21.6 Å². The summed E-state index contributed by atoms with van der Waals surface area (Å²) in [6.07, 6.45) is 11.3. The first-order valence-corrected chi connectivity index (χ1v) is 13.7. The molecule has 0 radical (unpaired) electrons. The third-order valence-corrected chi connectivity index (χ3v) is 9.90. The van der Waals surface area contributed by atoms with Crippen molar-refractivity contribution < 1.29 is 21.8 Å². The van der Waals surface area contributed by atoms with Gasteiger partial charge in [-0.2, -0.15) is 0 Å². The maximum Gasteiger partial charge on any atom is 0.187 e. The second-order valence-electron chi connectivity index (χ2n) is 9.50. The van der Waals surface area contributed by atoms with Gasteiger partial charge < -0.3 is 4.74 Å². The van der Waals surface area contributed by atoms with Gasteiger partial charge in [-0.3, -0.25) is 0 Å². The first-order valence-electron chi connectivity index (χ1n) is 12.3. The van der Waals surface area contributed by atoms with Crippen LogP contribution in [0.15, 0.2) is 65.7 Å². The van der Waals surface area contributed by atoms with Crippen molar-refractivity contribution in [1.82, 2.24) is 0 Å². The van der Waals surface area contributed by atoms with E-state index in [4.69, 9.17) is 9.73 Å². The summed E-state index contributed by atoms with van der Waals surface area (Å²) in [6.45, 7) is 5.26. The van der Waals surface area contributed by atoms with Crippen molar-refractivity contribution in [2.24, 2.45) is 16.8 Å². The van der Waals surface area contributed by atoms with Gasteiger partial charge in [-0.1, -0.05) is 113 Å². The normalized spacial score (nSPS) is 24.5. The standard InChI is InChI=1S/C23H28NOP.C5H10.Fe/c1-17(2)21-16-25-23(24-21)20-14-9-15-22(20)26(18-10-5-3-6-11-18)19-12-7-4-8-13-19;1-2-4-5-3-1;/h3-8,10-13,17,20-22H,9,14-16H2,1-2H3;1-5H2;. The van der Waals surface area contributed by atoms with Gasteiger partial charge in [-0.05, 0) is 42.9 Å². The van der Waals surface area contributed by atoms with Gasteiger partial charge in [0.05, 0.1) is 6.04 Å². The smallest absolute Gasteiger partial charge is 0.187 e. The van der Waals surface area contributed by atoms with Crippen LogP contribution in [0.5, 0.6) is 0 Å². The monoisotopic (exact) mass is 491 g/mol. The van der Waals surface area contributed by atoms with Gasteiger partial charge in [0.25, 0.3) is 0 Å². The second-order valence-corrected chi connectivity index (χ2v) is 11.9. The van der Waals surface area contributed by atoms with Crippen LogP contribution < -0.4 is 10.6 Å². The Balaban J connectivity index is 0.000000427. The minimum Gasteiger partial charge on any atom is -0.478 e. The number of hydrogen-bond donors (Lipinski definition) is 0. The van der Waals surface area contributed by atoms with Crippen LogP contribution in [0.4, 0.5) is 0 Å². The molecular formula is C28H38FeNOP. The van der Waals surface area contributed by atoms with E-state index in [0.717, 1.165) is 12.5 Å². The van der Waals surface area contributed by atoms with Crippen molar-refractivity contribution >= 4 is 24.4 Å². The zero-order valence-corrected chi connectivity index (χ0v) is 21.6. The summed E-state index contributed by atoms with van der Waals surface area (Å²) in [7, 11) is -0.398. The number of benzene rings is 2. The molecular weight excluding hydrogens is 453 g/mol. The molecule has 0 saturated heterocycles. The minimum absolute atomic E-state index is 0. The molecule has 0 amide bonds. The van der Waals surface area contributed by atoms with Gasteiger partial charge in [-0.15, -0.1) is 0 Å². The van der Waals surface area contributed by atoms with Crippen molar-refractivity contribution in [3.8, 4) is 0 Å². The minimum atomic E-state index is -0.398. The Morgan fingerprint density at radius 2 is 1.31 bits per heavy atom. The van der Waals surface area contributed by atoms with Crippen molar-refractivity contribution in [1.29, 1.82) is 0 Å². The number of ether oxygens (including phenoxy) is 1. The van der Waals surface area contributed by atoms with Crippen molar-refractivity contribution in [2.45, 2.75) is 76.9 Å². The van der Waals surface area contributed by atoms with Crippen molar-refractivity contribution in [2.75, 3.05) is 6.61 Å². The Hall–Kier alpha value is -1.14. The Kier molecular flexibility index (Phi) is 10.3. The molecule has 2 nitrogen and oxygen atoms in total. The molecule has 2 aromatic carbocycles. The van der Waals surface area contributed by atoms with E-state index in [1.165, 1.54) is 62.0 Å². The quantitative estimate of drug-likeness (QED) is 0.337. The molecule has 3 aliphatic rings. The molecule has 4 heteroatoms. The summed E-state index contributed by atoms with van der Waals surface area (Å²) in [5, 5.41) is 2.95. The second kappa shape index (κ2) is 12.9. The summed E-state index contributed by atoms with van der Waals surface area (Å²) in [5.74, 6) is 2.08. The Bertz CT molecular complexity index is 775. The van der Waals surface area contributed by atoms with Crippen LogP contribution in [0.2, 0.25) is 0 Å². The number of nitrogens with zero attached hydrogens (tertiary/aromatic N) is 1. The van der Waals surface area contributed by atoms with Crippen LogP contribution in [0.1, 0.15) is 65.2 Å². The van der Waals surface area contributed by atoms with Crippen LogP contribution in [0.3, 0.4) is 0 Å². The third-order valence-electron chi connectivity index (χ3n) is 6.91. The van der Waals surface area contributed by atoms with Gasteiger partial charge >= 0.3 is 0 Å². The fourth-order valence-electron chi connectivity index (χ4n) is 5.08. The number of rotatable bonds is 5. The van der Waals surface area contributed by atoms with E-state index >= 15 is 0 Å². The predicted octanol–water partition coefficient (Wildman–Crippen LogP) is 6.69.